The Morgan fingerprint density at radius 3 is 2.76 bits per heavy atom. The Morgan fingerprint density at radius 1 is 1.47 bits per heavy atom. The molecule has 0 amide bonds. The first kappa shape index (κ1) is 12.5. The maximum absolute atomic E-state index is 12.8. The molecule has 1 aliphatic carbocycles. The van der Waals surface area contributed by atoms with E-state index < -0.39 is 0 Å². The van der Waals surface area contributed by atoms with Crippen LogP contribution in [-0.2, 0) is 0 Å². The Hall–Kier alpha value is -0.960. The highest BCUT2D eigenvalue weighted by molar-refractivity contribution is 5.09. The highest BCUT2D eigenvalue weighted by atomic mass is 19.1. The van der Waals surface area contributed by atoms with E-state index >= 15 is 0 Å². The molecule has 2 nitrogen and oxygen atoms in total. The molecule has 0 spiro atoms. The van der Waals surface area contributed by atoms with Gasteiger partial charge in [-0.15, -0.1) is 0 Å². The van der Waals surface area contributed by atoms with Crippen molar-refractivity contribution < 1.29 is 4.39 Å². The SMILES string of the molecule is CCC(NCC(C)C1CC1)c1ccc(F)cn1. The normalized spacial score (nSPS) is 19.0. The molecular formula is C14H21FN2. The topological polar surface area (TPSA) is 24.9 Å². The molecule has 2 rings (SSSR count). The van der Waals surface area contributed by atoms with Crippen molar-refractivity contribution in [1.82, 2.24) is 10.3 Å². The van der Waals surface area contributed by atoms with Crippen molar-refractivity contribution in [2.24, 2.45) is 11.8 Å². The smallest absolute Gasteiger partial charge is 0.141 e. The van der Waals surface area contributed by atoms with Crippen LogP contribution in [0.4, 0.5) is 4.39 Å². The van der Waals surface area contributed by atoms with Gasteiger partial charge in [0.25, 0.3) is 0 Å². The fraction of sp³-hybridized carbons (Fsp3) is 0.643. The van der Waals surface area contributed by atoms with E-state index in [2.05, 4.69) is 24.1 Å². The number of nitrogens with zero attached hydrogens (tertiary/aromatic N) is 1. The molecule has 3 heteroatoms. The molecule has 1 heterocycles. The molecule has 1 saturated carbocycles. The van der Waals surface area contributed by atoms with E-state index in [0.717, 1.165) is 30.5 Å². The Morgan fingerprint density at radius 2 is 2.24 bits per heavy atom. The standard InChI is InChI=1S/C14H21FN2/c1-3-13(14-7-6-12(15)9-17-14)16-8-10(2)11-4-5-11/h6-7,9-11,13,16H,3-5,8H2,1-2H3. The fourth-order valence-electron chi connectivity index (χ4n) is 2.21. The monoisotopic (exact) mass is 236 g/mol. The van der Waals surface area contributed by atoms with Crippen LogP contribution in [0.25, 0.3) is 0 Å². The minimum Gasteiger partial charge on any atom is -0.308 e. The van der Waals surface area contributed by atoms with Crippen LogP contribution >= 0.6 is 0 Å². The van der Waals surface area contributed by atoms with Gasteiger partial charge in [0.2, 0.25) is 0 Å². The first-order valence-electron chi connectivity index (χ1n) is 6.55. The quantitative estimate of drug-likeness (QED) is 0.819. The second-order valence-electron chi connectivity index (χ2n) is 5.09. The summed E-state index contributed by atoms with van der Waals surface area (Å²) in [5.41, 5.74) is 0.942. The Kier molecular flexibility index (Phi) is 4.11. The number of nitrogens with one attached hydrogen (secondary N) is 1. The fourth-order valence-corrected chi connectivity index (χ4v) is 2.21. The molecule has 0 saturated heterocycles. The van der Waals surface area contributed by atoms with Crippen molar-refractivity contribution in [3.63, 3.8) is 0 Å². The minimum atomic E-state index is -0.269. The Balaban J connectivity index is 1.88. The molecule has 1 aromatic rings. The first-order chi connectivity index (χ1) is 8.20. The second-order valence-corrected chi connectivity index (χ2v) is 5.09. The van der Waals surface area contributed by atoms with E-state index in [-0.39, 0.29) is 11.9 Å². The molecule has 17 heavy (non-hydrogen) atoms. The zero-order valence-corrected chi connectivity index (χ0v) is 10.6. The summed E-state index contributed by atoms with van der Waals surface area (Å²) >= 11 is 0. The van der Waals surface area contributed by atoms with E-state index in [9.17, 15) is 4.39 Å². The van der Waals surface area contributed by atoms with Crippen molar-refractivity contribution in [3.8, 4) is 0 Å². The summed E-state index contributed by atoms with van der Waals surface area (Å²) in [5, 5.41) is 3.54. The van der Waals surface area contributed by atoms with E-state index in [0.29, 0.717) is 0 Å². The summed E-state index contributed by atoms with van der Waals surface area (Å²) in [5.74, 6) is 1.39. The predicted molar refractivity (Wildman–Crippen MR) is 67.1 cm³/mol. The van der Waals surface area contributed by atoms with Crippen LogP contribution in [-0.4, -0.2) is 11.5 Å². The van der Waals surface area contributed by atoms with Gasteiger partial charge in [0.05, 0.1) is 11.9 Å². The van der Waals surface area contributed by atoms with Gasteiger partial charge < -0.3 is 5.32 Å². The van der Waals surface area contributed by atoms with Crippen LogP contribution in [0.15, 0.2) is 18.3 Å². The largest absolute Gasteiger partial charge is 0.308 e. The van der Waals surface area contributed by atoms with Crippen LogP contribution in [0.2, 0.25) is 0 Å². The van der Waals surface area contributed by atoms with E-state index in [4.69, 9.17) is 0 Å². The van der Waals surface area contributed by atoms with Crippen LogP contribution in [0.1, 0.15) is 44.8 Å². The summed E-state index contributed by atoms with van der Waals surface area (Å²) < 4.78 is 12.8. The lowest BCUT2D eigenvalue weighted by Gasteiger charge is -2.19. The molecule has 1 aromatic heterocycles. The van der Waals surface area contributed by atoms with Gasteiger partial charge in [-0.25, -0.2) is 4.39 Å². The molecule has 2 atom stereocenters. The number of hydrogen-bond donors (Lipinski definition) is 1. The minimum absolute atomic E-state index is 0.247. The van der Waals surface area contributed by atoms with Crippen LogP contribution in [0.3, 0.4) is 0 Å². The molecule has 1 N–H and O–H groups in total. The molecule has 0 aromatic carbocycles. The summed E-state index contributed by atoms with van der Waals surface area (Å²) in [6.07, 6.45) is 5.04. The third-order valence-electron chi connectivity index (χ3n) is 3.63. The molecule has 1 aliphatic rings. The van der Waals surface area contributed by atoms with Gasteiger partial charge >= 0.3 is 0 Å². The van der Waals surface area contributed by atoms with Crippen LogP contribution in [0, 0.1) is 17.7 Å². The van der Waals surface area contributed by atoms with E-state index in [1.807, 2.05) is 0 Å². The maximum atomic E-state index is 12.8. The van der Waals surface area contributed by atoms with E-state index in [1.54, 1.807) is 6.07 Å². The third kappa shape index (κ3) is 3.50. The van der Waals surface area contributed by atoms with Gasteiger partial charge in [-0.1, -0.05) is 13.8 Å². The van der Waals surface area contributed by atoms with E-state index in [1.165, 1.54) is 25.1 Å². The maximum Gasteiger partial charge on any atom is 0.141 e. The van der Waals surface area contributed by atoms with Crippen molar-refractivity contribution in [2.75, 3.05) is 6.54 Å². The van der Waals surface area contributed by atoms with Gasteiger partial charge in [0.15, 0.2) is 0 Å². The van der Waals surface area contributed by atoms with Crippen molar-refractivity contribution >= 4 is 0 Å². The predicted octanol–water partition coefficient (Wildman–Crippen LogP) is 3.31. The third-order valence-corrected chi connectivity index (χ3v) is 3.63. The summed E-state index contributed by atoms with van der Waals surface area (Å²) in [7, 11) is 0. The van der Waals surface area contributed by atoms with Gasteiger partial charge in [0, 0.05) is 6.04 Å². The number of halogens is 1. The summed E-state index contributed by atoms with van der Waals surface area (Å²) in [6, 6.07) is 3.51. The van der Waals surface area contributed by atoms with Crippen LogP contribution in [0.5, 0.6) is 0 Å². The average Bonchev–Trinajstić information content (AvgIpc) is 3.16. The molecule has 2 unspecified atom stereocenters. The molecule has 1 fully saturated rings. The van der Waals surface area contributed by atoms with Crippen molar-refractivity contribution in [3.05, 3.63) is 29.8 Å². The van der Waals surface area contributed by atoms with Gasteiger partial charge in [0.1, 0.15) is 5.82 Å². The van der Waals surface area contributed by atoms with Gasteiger partial charge in [-0.05, 0) is 49.8 Å². The highest BCUT2D eigenvalue weighted by Gasteiger charge is 2.28. The number of pyridine rings is 1. The molecule has 0 aliphatic heterocycles. The number of hydrogen-bond acceptors (Lipinski definition) is 2. The summed E-state index contributed by atoms with van der Waals surface area (Å²) in [6.45, 7) is 5.46. The number of aromatic nitrogens is 1. The average molecular weight is 236 g/mol. The van der Waals surface area contributed by atoms with Crippen molar-refractivity contribution in [1.29, 1.82) is 0 Å². The summed E-state index contributed by atoms with van der Waals surface area (Å²) in [4.78, 5) is 4.15. The highest BCUT2D eigenvalue weighted by Crippen LogP contribution is 2.36. The molecular weight excluding hydrogens is 215 g/mol. The lowest BCUT2D eigenvalue weighted by Crippen LogP contribution is -2.27. The van der Waals surface area contributed by atoms with Crippen LogP contribution < -0.4 is 5.32 Å². The first-order valence-corrected chi connectivity index (χ1v) is 6.55. The zero-order valence-electron chi connectivity index (χ0n) is 10.6. The Labute approximate surface area is 103 Å². The van der Waals surface area contributed by atoms with Crippen molar-refractivity contribution in [2.45, 2.75) is 39.2 Å². The molecule has 0 radical (unpaired) electrons. The zero-order chi connectivity index (χ0) is 12.3. The second kappa shape index (κ2) is 5.58. The Bertz CT molecular complexity index is 346. The van der Waals surface area contributed by atoms with Gasteiger partial charge in [-0.2, -0.15) is 0 Å². The molecule has 94 valence electrons. The molecule has 0 bridgehead atoms. The van der Waals surface area contributed by atoms with Gasteiger partial charge in [-0.3, -0.25) is 4.98 Å². The lowest BCUT2D eigenvalue weighted by atomic mass is 10.0. The number of rotatable bonds is 6. The lowest BCUT2D eigenvalue weighted by molar-refractivity contribution is 0.409.